The zero-order valence-electron chi connectivity index (χ0n) is 23.5. The molecule has 4 aromatic rings. The molecule has 4 rings (SSSR count). The van der Waals surface area contributed by atoms with Crippen molar-refractivity contribution in [1.29, 1.82) is 0 Å². The second kappa shape index (κ2) is 14.2. The molecule has 0 aliphatic carbocycles. The minimum Gasteiger partial charge on any atom is -0.480 e. The number of nitrogens with two attached hydrogens (primary N) is 1. The number of para-hydroxylation sites is 1. The number of aromatic amines is 2. The second-order valence-corrected chi connectivity index (χ2v) is 10.3. The summed E-state index contributed by atoms with van der Waals surface area (Å²) in [6, 6.07) is 11.4. The number of aliphatic hydroxyl groups excluding tert-OH is 1. The van der Waals surface area contributed by atoms with Gasteiger partial charge in [0.1, 0.15) is 18.1 Å². The zero-order valence-corrected chi connectivity index (χ0v) is 23.5. The van der Waals surface area contributed by atoms with Gasteiger partial charge in [-0.2, -0.15) is 0 Å². The van der Waals surface area contributed by atoms with Crippen LogP contribution >= 0.6 is 0 Å². The number of carbonyl (C=O) groups excluding carboxylic acids is 3. The number of aromatic nitrogens is 3. The van der Waals surface area contributed by atoms with Gasteiger partial charge in [-0.25, -0.2) is 9.78 Å². The third-order valence-electron chi connectivity index (χ3n) is 7.02. The summed E-state index contributed by atoms with van der Waals surface area (Å²) in [6.07, 6.45) is 3.34. The average Bonchev–Trinajstić information content (AvgIpc) is 3.65. The van der Waals surface area contributed by atoms with E-state index in [0.29, 0.717) is 11.3 Å². The van der Waals surface area contributed by atoms with Gasteiger partial charge >= 0.3 is 5.97 Å². The van der Waals surface area contributed by atoms with Crippen LogP contribution in [0.1, 0.15) is 23.7 Å². The summed E-state index contributed by atoms with van der Waals surface area (Å²) in [5, 5.41) is 28.6. The van der Waals surface area contributed by atoms with Crippen LogP contribution in [0, 0.1) is 0 Å². The van der Waals surface area contributed by atoms with Crippen molar-refractivity contribution >= 4 is 34.6 Å². The first-order valence-electron chi connectivity index (χ1n) is 13.8. The van der Waals surface area contributed by atoms with Gasteiger partial charge in [-0.1, -0.05) is 48.5 Å². The highest BCUT2D eigenvalue weighted by Gasteiger charge is 2.33. The predicted octanol–water partition coefficient (Wildman–Crippen LogP) is 0.166. The van der Waals surface area contributed by atoms with Crippen LogP contribution in [0.5, 0.6) is 0 Å². The highest BCUT2D eigenvalue weighted by atomic mass is 16.4. The van der Waals surface area contributed by atoms with Crippen LogP contribution < -0.4 is 21.7 Å². The molecule has 13 heteroatoms. The van der Waals surface area contributed by atoms with E-state index >= 15 is 0 Å². The lowest BCUT2D eigenvalue weighted by Gasteiger charge is -2.26. The summed E-state index contributed by atoms with van der Waals surface area (Å²) in [4.78, 5) is 61.6. The van der Waals surface area contributed by atoms with Crippen molar-refractivity contribution < 1.29 is 29.4 Å². The third-order valence-corrected chi connectivity index (χ3v) is 7.02. The van der Waals surface area contributed by atoms with Crippen molar-refractivity contribution in [3.63, 3.8) is 0 Å². The molecule has 5 atom stereocenters. The predicted molar refractivity (Wildman–Crippen MR) is 158 cm³/mol. The summed E-state index contributed by atoms with van der Waals surface area (Å²) in [5.41, 5.74) is 8.89. The van der Waals surface area contributed by atoms with Gasteiger partial charge in [0.05, 0.1) is 18.5 Å². The first-order chi connectivity index (χ1) is 20.6. The molecule has 2 heterocycles. The fraction of sp³-hybridized carbons (Fsp3) is 0.300. The van der Waals surface area contributed by atoms with Crippen molar-refractivity contribution in [2.75, 3.05) is 0 Å². The Morgan fingerprint density at radius 2 is 1.56 bits per heavy atom. The van der Waals surface area contributed by atoms with E-state index < -0.39 is 54.0 Å². The van der Waals surface area contributed by atoms with E-state index in [1.165, 1.54) is 19.4 Å². The lowest BCUT2D eigenvalue weighted by Crippen LogP contribution is -2.60. The molecule has 0 saturated carbocycles. The molecule has 0 fully saturated rings. The molecule has 43 heavy (non-hydrogen) atoms. The van der Waals surface area contributed by atoms with Crippen molar-refractivity contribution in [2.45, 2.75) is 56.5 Å². The Morgan fingerprint density at radius 1 is 0.860 bits per heavy atom. The maximum absolute atomic E-state index is 13.4. The van der Waals surface area contributed by atoms with Gasteiger partial charge < -0.3 is 41.9 Å². The normalized spacial score (nSPS) is 14.7. The number of hydrogen-bond acceptors (Lipinski definition) is 7. The van der Waals surface area contributed by atoms with Crippen molar-refractivity contribution in [1.82, 2.24) is 30.9 Å². The molecule has 3 amide bonds. The Hall–Kier alpha value is -5.01. The summed E-state index contributed by atoms with van der Waals surface area (Å²) in [7, 11) is 0. The molecule has 0 aliphatic heterocycles. The number of aliphatic hydroxyl groups is 1. The lowest BCUT2D eigenvalue weighted by atomic mass is 10.0. The number of carbonyl (C=O) groups is 4. The number of carboxylic acids is 1. The van der Waals surface area contributed by atoms with Gasteiger partial charge in [-0.3, -0.25) is 14.4 Å². The fourth-order valence-corrected chi connectivity index (χ4v) is 4.71. The number of carboxylic acid groups (broad SMARTS) is 1. The van der Waals surface area contributed by atoms with Crippen LogP contribution in [-0.4, -0.2) is 79.1 Å². The molecular formula is C30H35N7O6. The molecule has 0 aliphatic rings. The molecule has 2 aromatic carbocycles. The summed E-state index contributed by atoms with van der Waals surface area (Å²) < 4.78 is 0. The number of hydrogen-bond donors (Lipinski definition) is 8. The van der Waals surface area contributed by atoms with Crippen molar-refractivity contribution in [3.8, 4) is 0 Å². The molecule has 0 bridgehead atoms. The highest BCUT2D eigenvalue weighted by molar-refractivity contribution is 5.94. The molecular weight excluding hydrogens is 554 g/mol. The summed E-state index contributed by atoms with van der Waals surface area (Å²) in [6.45, 7) is 1.32. The zero-order chi connectivity index (χ0) is 30.9. The molecule has 5 unspecified atom stereocenters. The fourth-order valence-electron chi connectivity index (χ4n) is 4.71. The number of aliphatic carboxylic acids is 1. The van der Waals surface area contributed by atoms with Crippen LogP contribution in [0.4, 0.5) is 0 Å². The maximum Gasteiger partial charge on any atom is 0.326 e. The molecule has 0 radical (unpaired) electrons. The molecule has 9 N–H and O–H groups in total. The highest BCUT2D eigenvalue weighted by Crippen LogP contribution is 2.19. The largest absolute Gasteiger partial charge is 0.480 e. The number of H-pyrrole nitrogens is 2. The van der Waals surface area contributed by atoms with Crippen molar-refractivity contribution in [2.24, 2.45) is 5.73 Å². The third kappa shape index (κ3) is 8.27. The van der Waals surface area contributed by atoms with E-state index in [1.54, 1.807) is 6.20 Å². The minimum atomic E-state index is -1.44. The van der Waals surface area contributed by atoms with Gasteiger partial charge in [0, 0.05) is 41.8 Å². The molecule has 13 nitrogen and oxygen atoms in total. The number of imidazole rings is 1. The first-order valence-corrected chi connectivity index (χ1v) is 13.8. The van der Waals surface area contributed by atoms with Gasteiger partial charge in [-0.15, -0.1) is 0 Å². The standard InChI is InChI=1S/C30H35N7O6/c1-17(38)26(37-27(39)22(31)11-18-7-3-2-4-8-18)29(41)35-24(13-20-15-32-16-34-20)28(40)36-25(30(42)43)12-19-14-33-23-10-6-5-9-21(19)23/h2-10,14-17,22,24-26,33,38H,11-13,31H2,1H3,(H,32,34)(H,35,41)(H,36,40)(H,37,39)(H,42,43). The van der Waals surface area contributed by atoms with Crippen LogP contribution in [-0.2, 0) is 38.4 Å². The van der Waals surface area contributed by atoms with Crippen LogP contribution in [0.25, 0.3) is 10.9 Å². The SMILES string of the molecule is CC(O)C(NC(=O)C(N)Cc1ccccc1)C(=O)NC(Cc1cnc[nH]1)C(=O)NC(Cc1c[nH]c2ccccc12)C(=O)O. The van der Waals surface area contributed by atoms with E-state index in [2.05, 4.69) is 30.9 Å². The Kier molecular flexibility index (Phi) is 10.3. The average molecular weight is 590 g/mol. The summed E-state index contributed by atoms with van der Waals surface area (Å²) in [5.74, 6) is -3.54. The Bertz CT molecular complexity index is 1540. The molecule has 0 spiro atoms. The summed E-state index contributed by atoms with van der Waals surface area (Å²) >= 11 is 0. The second-order valence-electron chi connectivity index (χ2n) is 10.3. The van der Waals surface area contributed by atoms with Crippen molar-refractivity contribution in [3.05, 3.63) is 90.1 Å². The number of nitrogens with one attached hydrogen (secondary N) is 5. The quantitative estimate of drug-likeness (QED) is 0.101. The van der Waals surface area contributed by atoms with E-state index in [1.807, 2.05) is 54.6 Å². The maximum atomic E-state index is 13.4. The Labute approximate surface area is 247 Å². The van der Waals surface area contributed by atoms with Crippen LogP contribution in [0.3, 0.4) is 0 Å². The minimum absolute atomic E-state index is 0.0124. The van der Waals surface area contributed by atoms with E-state index in [4.69, 9.17) is 5.73 Å². The van der Waals surface area contributed by atoms with Crippen LogP contribution in [0.15, 0.2) is 73.3 Å². The number of fused-ring (bicyclic) bond motifs is 1. The van der Waals surface area contributed by atoms with Gasteiger partial charge in [0.15, 0.2) is 0 Å². The monoisotopic (exact) mass is 589 g/mol. The van der Waals surface area contributed by atoms with Crippen LogP contribution in [0.2, 0.25) is 0 Å². The number of nitrogens with zero attached hydrogens (tertiary/aromatic N) is 1. The number of benzene rings is 2. The Morgan fingerprint density at radius 3 is 2.23 bits per heavy atom. The van der Waals surface area contributed by atoms with Gasteiger partial charge in [0.2, 0.25) is 17.7 Å². The molecule has 2 aromatic heterocycles. The number of amides is 3. The van der Waals surface area contributed by atoms with Gasteiger partial charge in [0.25, 0.3) is 0 Å². The van der Waals surface area contributed by atoms with Gasteiger partial charge in [-0.05, 0) is 30.5 Å². The van der Waals surface area contributed by atoms with E-state index in [-0.39, 0.29) is 19.3 Å². The topological polar surface area (TPSA) is 215 Å². The molecule has 226 valence electrons. The first kappa shape index (κ1) is 30.9. The smallest absolute Gasteiger partial charge is 0.326 e. The number of rotatable bonds is 14. The Balaban J connectivity index is 1.47. The van der Waals surface area contributed by atoms with E-state index in [9.17, 15) is 29.4 Å². The van der Waals surface area contributed by atoms with E-state index in [0.717, 1.165) is 16.5 Å². The molecule has 0 saturated heterocycles. The lowest BCUT2D eigenvalue weighted by molar-refractivity contribution is -0.142.